The van der Waals surface area contributed by atoms with Gasteiger partial charge in [-0.1, -0.05) is 23.7 Å². The highest BCUT2D eigenvalue weighted by molar-refractivity contribution is 8.18. The fraction of sp³-hybridized carbons (Fsp3) is 0.292. The second-order valence-electron chi connectivity index (χ2n) is 8.47. The first-order valence-electron chi connectivity index (χ1n) is 11.0. The molecule has 5 rings (SSSR count). The van der Waals surface area contributed by atoms with E-state index in [1.54, 1.807) is 30.5 Å². The predicted octanol–water partition coefficient (Wildman–Crippen LogP) is 5.55. The molecule has 2 saturated heterocycles. The minimum Gasteiger partial charge on any atom is -0.315 e. The number of nitrogens with one attached hydrogen (secondary N) is 1. The van der Waals surface area contributed by atoms with Crippen LogP contribution < -0.4 is 5.32 Å². The first-order valence-corrected chi connectivity index (χ1v) is 12.2. The lowest BCUT2D eigenvalue weighted by Gasteiger charge is -2.29. The quantitative estimate of drug-likeness (QED) is 0.457. The summed E-state index contributed by atoms with van der Waals surface area (Å²) in [4.78, 5) is 27.1. The van der Waals surface area contributed by atoms with Crippen molar-refractivity contribution in [1.29, 1.82) is 0 Å². The van der Waals surface area contributed by atoms with E-state index >= 15 is 0 Å². The number of carbonyl (C=O) groups is 2. The lowest BCUT2D eigenvalue weighted by Crippen LogP contribution is -2.47. The van der Waals surface area contributed by atoms with Crippen LogP contribution in [0.4, 0.5) is 18.0 Å². The van der Waals surface area contributed by atoms with E-state index in [-0.39, 0.29) is 34.3 Å². The molecule has 6 nitrogen and oxygen atoms in total. The maximum Gasteiger partial charge on any atom is 0.416 e. The summed E-state index contributed by atoms with van der Waals surface area (Å²) in [6.07, 6.45) is 0.390. The van der Waals surface area contributed by atoms with Gasteiger partial charge in [-0.05, 0) is 72.6 Å². The van der Waals surface area contributed by atoms with Crippen molar-refractivity contribution in [2.75, 3.05) is 13.1 Å². The van der Waals surface area contributed by atoms with Gasteiger partial charge in [-0.2, -0.15) is 18.3 Å². The standard InChI is InChI=1S/C24H20ClF3N4O2S/c25-17-5-4-15(19(10-17)24(26,27)28)13-31-20-6-3-14(8-16(20)11-30-31)9-21-22(33)32(23(34)35-21)18-2-1-7-29-12-18/h3-6,8-11,18,29H,1-2,7,12-13H2/b21-9-/t18-/m1/s1. The summed E-state index contributed by atoms with van der Waals surface area (Å²) in [5.74, 6) is -0.299. The number of amides is 2. The second kappa shape index (κ2) is 9.33. The van der Waals surface area contributed by atoms with Gasteiger partial charge in [0.05, 0.1) is 34.8 Å². The molecule has 2 amide bonds. The third kappa shape index (κ3) is 4.82. The molecule has 11 heteroatoms. The van der Waals surface area contributed by atoms with E-state index in [1.165, 1.54) is 21.7 Å². The van der Waals surface area contributed by atoms with E-state index in [9.17, 15) is 22.8 Å². The molecule has 0 spiro atoms. The number of imide groups is 1. The van der Waals surface area contributed by atoms with Gasteiger partial charge in [0, 0.05) is 17.0 Å². The molecule has 0 unspecified atom stereocenters. The van der Waals surface area contributed by atoms with E-state index in [0.717, 1.165) is 37.2 Å². The highest BCUT2D eigenvalue weighted by atomic mass is 35.5. The number of hydrogen-bond donors (Lipinski definition) is 1. The Labute approximate surface area is 208 Å². The Hall–Kier alpha value is -2.82. The number of nitrogens with zero attached hydrogens (tertiary/aromatic N) is 3. The molecule has 3 heterocycles. The monoisotopic (exact) mass is 520 g/mol. The molecule has 35 heavy (non-hydrogen) atoms. The van der Waals surface area contributed by atoms with Crippen LogP contribution in [0.3, 0.4) is 0 Å². The van der Waals surface area contributed by atoms with Crippen LogP contribution in [0.15, 0.2) is 47.5 Å². The van der Waals surface area contributed by atoms with E-state index in [2.05, 4.69) is 10.4 Å². The Morgan fingerprint density at radius 3 is 2.77 bits per heavy atom. The Bertz CT molecular complexity index is 1350. The molecule has 1 atom stereocenters. The van der Waals surface area contributed by atoms with Gasteiger partial charge in [0.2, 0.25) is 0 Å². The Kier molecular flexibility index (Phi) is 6.37. The molecule has 0 saturated carbocycles. The predicted molar refractivity (Wildman–Crippen MR) is 129 cm³/mol. The first kappa shape index (κ1) is 23.9. The van der Waals surface area contributed by atoms with E-state index < -0.39 is 11.7 Å². The number of alkyl halides is 3. The van der Waals surface area contributed by atoms with Crippen LogP contribution in [-0.2, 0) is 17.5 Å². The topological polar surface area (TPSA) is 67.2 Å². The van der Waals surface area contributed by atoms with Gasteiger partial charge in [-0.25, -0.2) is 0 Å². The molecule has 2 aromatic carbocycles. The number of thioether (sulfide) groups is 1. The number of carbonyl (C=O) groups excluding carboxylic acids is 2. The number of aromatic nitrogens is 2. The van der Waals surface area contributed by atoms with Crippen molar-refractivity contribution >= 4 is 51.5 Å². The molecule has 1 N–H and O–H groups in total. The van der Waals surface area contributed by atoms with Crippen molar-refractivity contribution in [3.05, 3.63) is 69.2 Å². The zero-order valence-corrected chi connectivity index (χ0v) is 19.9. The summed E-state index contributed by atoms with van der Waals surface area (Å²) < 4.78 is 41.9. The van der Waals surface area contributed by atoms with Gasteiger partial charge in [0.1, 0.15) is 0 Å². The van der Waals surface area contributed by atoms with Crippen molar-refractivity contribution in [2.45, 2.75) is 31.6 Å². The van der Waals surface area contributed by atoms with Gasteiger partial charge in [-0.3, -0.25) is 19.2 Å². The van der Waals surface area contributed by atoms with Gasteiger partial charge in [-0.15, -0.1) is 0 Å². The maximum absolute atomic E-state index is 13.5. The Morgan fingerprint density at radius 1 is 1.20 bits per heavy atom. The van der Waals surface area contributed by atoms with Crippen LogP contribution in [0.1, 0.15) is 29.5 Å². The van der Waals surface area contributed by atoms with Crippen LogP contribution in [0.2, 0.25) is 5.02 Å². The highest BCUT2D eigenvalue weighted by Gasteiger charge is 2.40. The largest absolute Gasteiger partial charge is 0.416 e. The third-order valence-corrected chi connectivity index (χ3v) is 7.24. The second-order valence-corrected chi connectivity index (χ2v) is 9.90. The molecular weight excluding hydrogens is 501 g/mol. The van der Waals surface area contributed by atoms with Crippen LogP contribution in [0.5, 0.6) is 0 Å². The summed E-state index contributed by atoms with van der Waals surface area (Å²) in [5, 5.41) is 7.93. The Balaban J connectivity index is 1.40. The number of rotatable bonds is 4. The number of hydrogen-bond acceptors (Lipinski definition) is 5. The maximum atomic E-state index is 13.5. The molecule has 3 aromatic rings. The summed E-state index contributed by atoms with van der Waals surface area (Å²) in [7, 11) is 0. The zero-order valence-electron chi connectivity index (χ0n) is 18.3. The van der Waals surface area contributed by atoms with Crippen molar-refractivity contribution in [3.63, 3.8) is 0 Å². The number of benzene rings is 2. The summed E-state index contributed by atoms with van der Waals surface area (Å²) in [5.41, 5.74) is 0.606. The van der Waals surface area contributed by atoms with Gasteiger partial charge < -0.3 is 5.32 Å². The number of piperidine rings is 1. The minimum atomic E-state index is -4.53. The normalized spacial score (nSPS) is 20.4. The summed E-state index contributed by atoms with van der Waals surface area (Å²) >= 11 is 6.70. The average Bonchev–Trinajstić information content (AvgIpc) is 3.34. The minimum absolute atomic E-state index is 0.0141. The average molecular weight is 521 g/mol. The van der Waals surface area contributed by atoms with Gasteiger partial charge >= 0.3 is 6.18 Å². The molecule has 182 valence electrons. The van der Waals surface area contributed by atoms with Crippen molar-refractivity contribution in [2.24, 2.45) is 0 Å². The summed E-state index contributed by atoms with van der Waals surface area (Å²) in [6, 6.07) is 8.84. The number of fused-ring (bicyclic) bond motifs is 1. The molecule has 2 aliphatic heterocycles. The molecular formula is C24H20ClF3N4O2S. The highest BCUT2D eigenvalue weighted by Crippen LogP contribution is 2.36. The van der Waals surface area contributed by atoms with Crippen molar-refractivity contribution in [3.8, 4) is 0 Å². The van der Waals surface area contributed by atoms with Crippen molar-refractivity contribution < 1.29 is 22.8 Å². The van der Waals surface area contributed by atoms with Crippen LogP contribution in [0.25, 0.3) is 17.0 Å². The molecule has 1 aromatic heterocycles. The first-order chi connectivity index (χ1) is 16.7. The zero-order chi connectivity index (χ0) is 24.7. The molecule has 0 radical (unpaired) electrons. The molecule has 0 aliphatic carbocycles. The van der Waals surface area contributed by atoms with E-state index in [4.69, 9.17) is 11.6 Å². The van der Waals surface area contributed by atoms with Crippen LogP contribution in [0, 0.1) is 0 Å². The Morgan fingerprint density at radius 2 is 2.03 bits per heavy atom. The fourth-order valence-corrected chi connectivity index (χ4v) is 5.50. The third-order valence-electron chi connectivity index (χ3n) is 6.12. The van der Waals surface area contributed by atoms with Crippen molar-refractivity contribution in [1.82, 2.24) is 20.0 Å². The molecule has 2 fully saturated rings. The lowest BCUT2D eigenvalue weighted by atomic mass is 10.1. The number of halogens is 4. The fourth-order valence-electron chi connectivity index (χ4n) is 4.43. The SMILES string of the molecule is O=C1S/C(=C\c2ccc3c(cnn3Cc3ccc(Cl)cc3C(F)(F)F)c2)C(=O)N1[C@@H]1CCCNC1. The molecule has 0 bridgehead atoms. The smallest absolute Gasteiger partial charge is 0.315 e. The van der Waals surface area contributed by atoms with Gasteiger partial charge in [0.15, 0.2) is 0 Å². The van der Waals surface area contributed by atoms with E-state index in [1.807, 2.05) is 0 Å². The summed E-state index contributed by atoms with van der Waals surface area (Å²) in [6.45, 7) is 1.40. The van der Waals surface area contributed by atoms with Crippen LogP contribution >= 0.6 is 23.4 Å². The molecule has 2 aliphatic rings. The van der Waals surface area contributed by atoms with Gasteiger partial charge in [0.25, 0.3) is 11.1 Å². The van der Waals surface area contributed by atoms with E-state index in [0.29, 0.717) is 27.9 Å². The lowest BCUT2D eigenvalue weighted by molar-refractivity contribution is -0.138. The van der Waals surface area contributed by atoms with Crippen LogP contribution in [-0.4, -0.2) is 45.0 Å².